The number of nitrogens with zero attached hydrogens (tertiary/aromatic N) is 1. The molecule has 0 radical (unpaired) electrons. The van der Waals surface area contributed by atoms with E-state index in [2.05, 4.69) is 10.8 Å². The standard InChI is InChI=1S/C17H20ClN3O5S/c1-2-25-13(22)10-19-15(23)12-9-17(26-20-12)4-6-21(7-5-17)16(24)14-11(18)3-8-27-14/h3,8-9,20H,2,4-7,10H2,1H3,(H,19,23). The van der Waals surface area contributed by atoms with Gasteiger partial charge in [0.15, 0.2) is 0 Å². The summed E-state index contributed by atoms with van der Waals surface area (Å²) < 4.78 is 4.77. The summed E-state index contributed by atoms with van der Waals surface area (Å²) in [5, 5.41) is 4.73. The monoisotopic (exact) mass is 413 g/mol. The highest BCUT2D eigenvalue weighted by atomic mass is 35.5. The third kappa shape index (κ3) is 4.42. The van der Waals surface area contributed by atoms with Crippen LogP contribution in [0.1, 0.15) is 29.4 Å². The first-order valence-corrected chi connectivity index (χ1v) is 9.83. The first kappa shape index (κ1) is 19.7. The van der Waals surface area contributed by atoms with Gasteiger partial charge in [0.25, 0.3) is 11.8 Å². The van der Waals surface area contributed by atoms with Crippen molar-refractivity contribution in [1.82, 2.24) is 15.7 Å². The molecule has 27 heavy (non-hydrogen) atoms. The average molecular weight is 414 g/mol. The number of carbonyl (C=O) groups is 3. The summed E-state index contributed by atoms with van der Waals surface area (Å²) in [6.45, 7) is 2.73. The van der Waals surface area contributed by atoms with Gasteiger partial charge in [-0.3, -0.25) is 24.7 Å². The minimum absolute atomic E-state index is 0.0906. The Morgan fingerprint density at radius 1 is 1.41 bits per heavy atom. The lowest BCUT2D eigenvalue weighted by Gasteiger charge is -2.36. The summed E-state index contributed by atoms with van der Waals surface area (Å²) in [6.07, 6.45) is 2.81. The van der Waals surface area contributed by atoms with Crippen LogP contribution in [0.4, 0.5) is 0 Å². The number of thiophene rings is 1. The van der Waals surface area contributed by atoms with E-state index in [-0.39, 0.29) is 24.8 Å². The van der Waals surface area contributed by atoms with Gasteiger partial charge in [-0.2, -0.15) is 0 Å². The lowest BCUT2D eigenvalue weighted by Crippen LogP contribution is -2.46. The van der Waals surface area contributed by atoms with E-state index in [1.54, 1.807) is 29.3 Å². The summed E-state index contributed by atoms with van der Waals surface area (Å²) in [6, 6.07) is 1.71. The molecule has 10 heteroatoms. The summed E-state index contributed by atoms with van der Waals surface area (Å²) in [7, 11) is 0. The molecule has 3 heterocycles. The summed E-state index contributed by atoms with van der Waals surface area (Å²) in [5.41, 5.74) is 2.23. The van der Waals surface area contributed by atoms with Gasteiger partial charge in [-0.05, 0) is 24.4 Å². The van der Waals surface area contributed by atoms with Crippen molar-refractivity contribution in [3.05, 3.63) is 33.1 Å². The summed E-state index contributed by atoms with van der Waals surface area (Å²) in [4.78, 5) is 43.9. The highest BCUT2D eigenvalue weighted by molar-refractivity contribution is 7.12. The number of hydroxylamine groups is 1. The average Bonchev–Trinajstić information content (AvgIpc) is 3.27. The SMILES string of the molecule is CCOC(=O)CNC(=O)C1=CC2(CCN(C(=O)c3sccc3Cl)CC2)ON1. The number of hydrogen-bond donors (Lipinski definition) is 2. The normalized spacial score (nSPS) is 18.0. The maximum absolute atomic E-state index is 12.5. The predicted molar refractivity (Wildman–Crippen MR) is 99.1 cm³/mol. The van der Waals surface area contributed by atoms with Crippen LogP contribution in [0, 0.1) is 0 Å². The Labute approximate surface area is 165 Å². The van der Waals surface area contributed by atoms with Crippen molar-refractivity contribution in [2.75, 3.05) is 26.2 Å². The summed E-state index contributed by atoms with van der Waals surface area (Å²) in [5.74, 6) is -1.03. The Bertz CT molecular complexity index is 770. The minimum Gasteiger partial charge on any atom is -0.465 e. The van der Waals surface area contributed by atoms with Gasteiger partial charge in [-0.15, -0.1) is 11.3 Å². The zero-order chi connectivity index (χ0) is 19.4. The molecule has 1 aromatic heterocycles. The zero-order valence-electron chi connectivity index (χ0n) is 14.7. The van der Waals surface area contributed by atoms with E-state index >= 15 is 0 Å². The molecule has 0 unspecified atom stereocenters. The molecule has 1 saturated heterocycles. The number of rotatable bonds is 5. The quantitative estimate of drug-likeness (QED) is 0.709. The highest BCUT2D eigenvalue weighted by Gasteiger charge is 2.41. The van der Waals surface area contributed by atoms with Crippen LogP contribution in [0.15, 0.2) is 23.2 Å². The molecule has 1 fully saturated rings. The fraction of sp³-hybridized carbons (Fsp3) is 0.471. The van der Waals surface area contributed by atoms with Crippen LogP contribution in [-0.4, -0.2) is 54.5 Å². The first-order valence-electron chi connectivity index (χ1n) is 8.57. The van der Waals surface area contributed by atoms with Crippen molar-refractivity contribution in [2.24, 2.45) is 0 Å². The van der Waals surface area contributed by atoms with Crippen LogP contribution in [0.5, 0.6) is 0 Å². The fourth-order valence-corrected chi connectivity index (χ4v) is 4.08. The number of ether oxygens (including phenoxy) is 1. The number of halogens is 1. The molecular formula is C17H20ClN3O5S. The fourth-order valence-electron chi connectivity index (χ4n) is 2.97. The molecule has 0 aliphatic carbocycles. The number of hydrogen-bond acceptors (Lipinski definition) is 7. The molecule has 8 nitrogen and oxygen atoms in total. The first-order chi connectivity index (χ1) is 12.9. The van der Waals surface area contributed by atoms with Gasteiger partial charge in [0.2, 0.25) is 0 Å². The predicted octanol–water partition coefficient (Wildman–Crippen LogP) is 1.47. The molecule has 2 aliphatic heterocycles. The second-order valence-electron chi connectivity index (χ2n) is 6.20. The van der Waals surface area contributed by atoms with Gasteiger partial charge in [0.1, 0.15) is 22.7 Å². The Balaban J connectivity index is 1.55. The lowest BCUT2D eigenvalue weighted by atomic mass is 9.90. The van der Waals surface area contributed by atoms with E-state index in [0.29, 0.717) is 35.8 Å². The molecule has 0 bridgehead atoms. The van der Waals surface area contributed by atoms with E-state index < -0.39 is 17.5 Å². The van der Waals surface area contributed by atoms with Crippen LogP contribution in [-0.2, 0) is 19.2 Å². The molecule has 2 N–H and O–H groups in total. The molecule has 0 aromatic carbocycles. The number of esters is 1. The largest absolute Gasteiger partial charge is 0.465 e. The molecular weight excluding hydrogens is 394 g/mol. The van der Waals surface area contributed by atoms with Crippen LogP contribution in [0.2, 0.25) is 5.02 Å². The molecule has 1 spiro atoms. The van der Waals surface area contributed by atoms with Gasteiger partial charge in [-0.1, -0.05) is 11.6 Å². The number of nitrogens with one attached hydrogen (secondary N) is 2. The lowest BCUT2D eigenvalue weighted by molar-refractivity contribution is -0.143. The van der Waals surface area contributed by atoms with Crippen molar-refractivity contribution >= 4 is 40.7 Å². The van der Waals surface area contributed by atoms with Gasteiger partial charge in [-0.25, -0.2) is 0 Å². The molecule has 2 aliphatic rings. The van der Waals surface area contributed by atoms with Crippen LogP contribution in [0.25, 0.3) is 0 Å². The number of carbonyl (C=O) groups excluding carboxylic acids is 3. The number of amides is 2. The Morgan fingerprint density at radius 2 is 2.15 bits per heavy atom. The van der Waals surface area contributed by atoms with Crippen molar-refractivity contribution in [3.63, 3.8) is 0 Å². The van der Waals surface area contributed by atoms with E-state index in [1.165, 1.54) is 11.3 Å². The van der Waals surface area contributed by atoms with Crippen molar-refractivity contribution < 1.29 is 24.0 Å². The van der Waals surface area contributed by atoms with Crippen molar-refractivity contribution in [3.8, 4) is 0 Å². The maximum Gasteiger partial charge on any atom is 0.325 e. The van der Waals surface area contributed by atoms with E-state index in [1.807, 2.05) is 0 Å². The summed E-state index contributed by atoms with van der Waals surface area (Å²) >= 11 is 7.36. The second kappa shape index (κ2) is 8.28. The molecule has 2 amide bonds. The molecule has 1 aromatic rings. The molecule has 3 rings (SSSR count). The van der Waals surface area contributed by atoms with Gasteiger partial charge in [0, 0.05) is 25.9 Å². The third-order valence-electron chi connectivity index (χ3n) is 4.42. The van der Waals surface area contributed by atoms with Crippen LogP contribution < -0.4 is 10.8 Å². The zero-order valence-corrected chi connectivity index (χ0v) is 16.3. The Hall–Kier alpha value is -2.10. The third-order valence-corrected chi connectivity index (χ3v) is 5.75. The number of piperidine rings is 1. The van der Waals surface area contributed by atoms with Crippen LogP contribution >= 0.6 is 22.9 Å². The minimum atomic E-state index is -0.646. The second-order valence-corrected chi connectivity index (χ2v) is 7.53. The van der Waals surface area contributed by atoms with E-state index in [4.69, 9.17) is 21.2 Å². The Kier molecular flexibility index (Phi) is 6.03. The smallest absolute Gasteiger partial charge is 0.325 e. The molecule has 0 saturated carbocycles. The molecule has 146 valence electrons. The number of likely N-dealkylation sites (tertiary alicyclic amines) is 1. The van der Waals surface area contributed by atoms with Crippen molar-refractivity contribution in [1.29, 1.82) is 0 Å². The van der Waals surface area contributed by atoms with Crippen molar-refractivity contribution in [2.45, 2.75) is 25.4 Å². The maximum atomic E-state index is 12.5. The van der Waals surface area contributed by atoms with Gasteiger partial charge in [0.05, 0.1) is 11.6 Å². The van der Waals surface area contributed by atoms with Gasteiger partial charge < -0.3 is 15.0 Å². The van der Waals surface area contributed by atoms with E-state index in [9.17, 15) is 14.4 Å². The topological polar surface area (TPSA) is 97.0 Å². The van der Waals surface area contributed by atoms with E-state index in [0.717, 1.165) is 0 Å². The van der Waals surface area contributed by atoms with Gasteiger partial charge >= 0.3 is 5.97 Å². The molecule has 0 atom stereocenters. The van der Waals surface area contributed by atoms with Crippen LogP contribution in [0.3, 0.4) is 0 Å². The Morgan fingerprint density at radius 3 is 2.78 bits per heavy atom. The highest BCUT2D eigenvalue weighted by Crippen LogP contribution is 2.33.